The lowest BCUT2D eigenvalue weighted by molar-refractivity contribution is -0.383. The van der Waals surface area contributed by atoms with Gasteiger partial charge in [0.25, 0.3) is 0 Å². The zero-order valence-electron chi connectivity index (χ0n) is 12.3. The van der Waals surface area contributed by atoms with Crippen LogP contribution in [0.15, 0.2) is 24.5 Å². The van der Waals surface area contributed by atoms with E-state index in [0.717, 1.165) is 5.56 Å². The Labute approximate surface area is 132 Å². The summed E-state index contributed by atoms with van der Waals surface area (Å²) in [5.41, 5.74) is 4.05. The SMILES string of the molecule is Cc1ccc(Nc2ncnc(NN(C)C)c2[N+](=O)[O-])cc1Cl. The lowest BCUT2D eigenvalue weighted by Gasteiger charge is -2.14. The van der Waals surface area contributed by atoms with Crippen molar-refractivity contribution in [2.75, 3.05) is 24.8 Å². The Morgan fingerprint density at radius 3 is 2.55 bits per heavy atom. The second kappa shape index (κ2) is 6.54. The number of hydrazine groups is 1. The fraction of sp³-hybridized carbons (Fsp3) is 0.231. The summed E-state index contributed by atoms with van der Waals surface area (Å²) in [6, 6.07) is 5.27. The smallest absolute Gasteiger partial charge is 0.334 e. The molecule has 0 spiro atoms. The van der Waals surface area contributed by atoms with Crippen LogP contribution in [0.2, 0.25) is 5.02 Å². The molecule has 9 heteroatoms. The van der Waals surface area contributed by atoms with Crippen LogP contribution in [-0.2, 0) is 0 Å². The number of nitrogens with zero attached hydrogens (tertiary/aromatic N) is 4. The van der Waals surface area contributed by atoms with Gasteiger partial charge >= 0.3 is 5.69 Å². The van der Waals surface area contributed by atoms with Crippen LogP contribution in [0.4, 0.5) is 23.0 Å². The molecule has 2 N–H and O–H groups in total. The van der Waals surface area contributed by atoms with E-state index in [1.54, 1.807) is 31.2 Å². The Hall–Kier alpha value is -2.45. The summed E-state index contributed by atoms with van der Waals surface area (Å²) in [5.74, 6) is 0.190. The first-order valence-electron chi connectivity index (χ1n) is 6.35. The highest BCUT2D eigenvalue weighted by Gasteiger charge is 2.23. The summed E-state index contributed by atoms with van der Waals surface area (Å²) in [5, 5.41) is 16.4. The number of aryl methyl sites for hydroxylation is 1. The van der Waals surface area contributed by atoms with Crippen molar-refractivity contribution in [1.82, 2.24) is 15.0 Å². The number of nitrogens with one attached hydrogen (secondary N) is 2. The van der Waals surface area contributed by atoms with Gasteiger partial charge in [0.2, 0.25) is 11.6 Å². The van der Waals surface area contributed by atoms with Crippen molar-refractivity contribution in [3.63, 3.8) is 0 Å². The highest BCUT2D eigenvalue weighted by atomic mass is 35.5. The third-order valence-electron chi connectivity index (χ3n) is 2.77. The minimum Gasteiger partial charge on any atom is -0.334 e. The standard InChI is InChI=1S/C13H15ClN6O2/c1-8-4-5-9(6-10(8)14)17-12-11(20(21)22)13(16-7-15-12)18-19(2)3/h4-7H,1-3H3,(H2,15,16,17,18). The molecule has 0 aliphatic rings. The van der Waals surface area contributed by atoms with Crippen molar-refractivity contribution >= 4 is 34.6 Å². The molecule has 1 heterocycles. The zero-order valence-corrected chi connectivity index (χ0v) is 13.0. The molecule has 22 heavy (non-hydrogen) atoms. The summed E-state index contributed by atoms with van der Waals surface area (Å²) in [6.45, 7) is 1.87. The largest absolute Gasteiger partial charge is 0.354 e. The monoisotopic (exact) mass is 322 g/mol. The second-order valence-electron chi connectivity index (χ2n) is 4.77. The van der Waals surface area contributed by atoms with Gasteiger partial charge in [-0.05, 0) is 24.6 Å². The van der Waals surface area contributed by atoms with E-state index in [0.29, 0.717) is 10.7 Å². The van der Waals surface area contributed by atoms with Crippen molar-refractivity contribution in [3.05, 3.63) is 45.2 Å². The van der Waals surface area contributed by atoms with Gasteiger partial charge in [-0.2, -0.15) is 0 Å². The maximum atomic E-state index is 11.3. The Morgan fingerprint density at radius 1 is 1.27 bits per heavy atom. The Balaban J connectivity index is 2.41. The highest BCUT2D eigenvalue weighted by Crippen LogP contribution is 2.32. The van der Waals surface area contributed by atoms with Gasteiger partial charge in [-0.15, -0.1) is 0 Å². The van der Waals surface area contributed by atoms with E-state index < -0.39 is 4.92 Å². The van der Waals surface area contributed by atoms with E-state index >= 15 is 0 Å². The van der Waals surface area contributed by atoms with Crippen LogP contribution in [0.5, 0.6) is 0 Å². The quantitative estimate of drug-likeness (QED) is 0.645. The van der Waals surface area contributed by atoms with Gasteiger partial charge < -0.3 is 5.32 Å². The lowest BCUT2D eigenvalue weighted by Crippen LogP contribution is -2.21. The Morgan fingerprint density at radius 2 is 1.95 bits per heavy atom. The molecule has 0 saturated carbocycles. The molecule has 0 radical (unpaired) electrons. The number of benzene rings is 1. The molecule has 0 unspecified atom stereocenters. The van der Waals surface area contributed by atoms with Gasteiger partial charge in [0.05, 0.1) is 4.92 Å². The predicted molar refractivity (Wildman–Crippen MR) is 85.5 cm³/mol. The van der Waals surface area contributed by atoms with E-state index in [2.05, 4.69) is 20.7 Å². The molecule has 1 aromatic carbocycles. The molecule has 2 rings (SSSR count). The molecule has 1 aromatic heterocycles. The number of rotatable bonds is 5. The summed E-state index contributed by atoms with van der Waals surface area (Å²) in [7, 11) is 3.41. The third kappa shape index (κ3) is 3.60. The van der Waals surface area contributed by atoms with Gasteiger partial charge in [-0.3, -0.25) is 15.5 Å². The van der Waals surface area contributed by atoms with Crippen LogP contribution in [0.25, 0.3) is 0 Å². The van der Waals surface area contributed by atoms with Gasteiger partial charge in [-0.1, -0.05) is 17.7 Å². The van der Waals surface area contributed by atoms with Crippen LogP contribution in [0.1, 0.15) is 5.56 Å². The van der Waals surface area contributed by atoms with Gasteiger partial charge in [-0.25, -0.2) is 15.0 Å². The fourth-order valence-electron chi connectivity index (χ4n) is 1.74. The van der Waals surface area contributed by atoms with Crippen LogP contribution >= 0.6 is 11.6 Å². The van der Waals surface area contributed by atoms with Crippen LogP contribution in [0.3, 0.4) is 0 Å². The van der Waals surface area contributed by atoms with Crippen LogP contribution in [0, 0.1) is 17.0 Å². The van der Waals surface area contributed by atoms with Crippen molar-refractivity contribution in [2.45, 2.75) is 6.92 Å². The number of hydrogen-bond acceptors (Lipinski definition) is 7. The lowest BCUT2D eigenvalue weighted by atomic mass is 10.2. The minimum absolute atomic E-state index is 0.0873. The predicted octanol–water partition coefficient (Wildman–Crippen LogP) is 2.98. The maximum absolute atomic E-state index is 11.3. The molecule has 0 atom stereocenters. The number of nitro groups is 1. The first kappa shape index (κ1) is 15.9. The molecular formula is C13H15ClN6O2. The molecule has 0 aliphatic heterocycles. The maximum Gasteiger partial charge on any atom is 0.354 e. The summed E-state index contributed by atoms with van der Waals surface area (Å²) in [6.07, 6.45) is 1.25. The average Bonchev–Trinajstić information content (AvgIpc) is 2.42. The zero-order chi connectivity index (χ0) is 16.3. The van der Waals surface area contributed by atoms with Crippen molar-refractivity contribution < 1.29 is 4.92 Å². The van der Waals surface area contributed by atoms with E-state index in [9.17, 15) is 10.1 Å². The first-order chi connectivity index (χ1) is 10.4. The molecule has 0 saturated heterocycles. The summed E-state index contributed by atoms with van der Waals surface area (Å²) >= 11 is 6.06. The minimum atomic E-state index is -0.538. The summed E-state index contributed by atoms with van der Waals surface area (Å²) in [4.78, 5) is 18.7. The Kier molecular flexibility index (Phi) is 4.74. The van der Waals surface area contributed by atoms with E-state index in [1.807, 2.05) is 13.0 Å². The van der Waals surface area contributed by atoms with Gasteiger partial charge in [0.1, 0.15) is 6.33 Å². The van der Waals surface area contributed by atoms with E-state index in [1.165, 1.54) is 6.33 Å². The second-order valence-corrected chi connectivity index (χ2v) is 5.18. The van der Waals surface area contributed by atoms with Gasteiger partial charge in [0, 0.05) is 24.8 Å². The van der Waals surface area contributed by atoms with Crippen LogP contribution in [-0.4, -0.2) is 34.0 Å². The molecule has 2 aromatic rings. The average molecular weight is 323 g/mol. The molecular weight excluding hydrogens is 308 g/mol. The molecule has 0 amide bonds. The summed E-state index contributed by atoms with van der Waals surface area (Å²) < 4.78 is 0. The van der Waals surface area contributed by atoms with Crippen LogP contribution < -0.4 is 10.7 Å². The third-order valence-corrected chi connectivity index (χ3v) is 3.18. The molecule has 0 fully saturated rings. The van der Waals surface area contributed by atoms with Crippen molar-refractivity contribution in [2.24, 2.45) is 0 Å². The number of anilines is 3. The van der Waals surface area contributed by atoms with Crippen molar-refractivity contribution in [3.8, 4) is 0 Å². The fourth-order valence-corrected chi connectivity index (χ4v) is 1.92. The van der Waals surface area contributed by atoms with Gasteiger partial charge in [0.15, 0.2) is 0 Å². The van der Waals surface area contributed by atoms with E-state index in [-0.39, 0.29) is 17.3 Å². The first-order valence-corrected chi connectivity index (χ1v) is 6.73. The molecule has 8 nitrogen and oxygen atoms in total. The van der Waals surface area contributed by atoms with Crippen molar-refractivity contribution in [1.29, 1.82) is 0 Å². The molecule has 116 valence electrons. The number of hydrogen-bond donors (Lipinski definition) is 2. The Bertz CT molecular complexity index is 707. The normalized spacial score (nSPS) is 10.6. The van der Waals surface area contributed by atoms with E-state index in [4.69, 9.17) is 11.6 Å². The number of halogens is 1. The topological polar surface area (TPSA) is 96.2 Å². The highest BCUT2D eigenvalue weighted by molar-refractivity contribution is 6.31. The number of aromatic nitrogens is 2. The molecule has 0 bridgehead atoms. The molecule has 0 aliphatic carbocycles.